The van der Waals surface area contributed by atoms with Crippen LogP contribution in [0.5, 0.6) is 5.75 Å². The van der Waals surface area contributed by atoms with Gasteiger partial charge >= 0.3 is 0 Å². The molecule has 0 saturated carbocycles. The molecule has 4 heteroatoms. The summed E-state index contributed by atoms with van der Waals surface area (Å²) >= 11 is 0. The van der Waals surface area contributed by atoms with E-state index < -0.39 is 0 Å². The van der Waals surface area contributed by atoms with Crippen LogP contribution in [0, 0.1) is 0 Å². The number of piperidine rings is 1. The van der Waals surface area contributed by atoms with Crippen LogP contribution >= 0.6 is 0 Å². The van der Waals surface area contributed by atoms with Gasteiger partial charge in [0.25, 0.3) is 0 Å². The first kappa shape index (κ1) is 16.3. The molecule has 2 atom stereocenters. The van der Waals surface area contributed by atoms with Gasteiger partial charge in [0.15, 0.2) is 0 Å². The molecule has 4 nitrogen and oxygen atoms in total. The molecule has 0 spiro atoms. The van der Waals surface area contributed by atoms with Gasteiger partial charge in [-0.2, -0.15) is 0 Å². The molecule has 1 saturated heterocycles. The van der Waals surface area contributed by atoms with Crippen molar-refractivity contribution in [2.24, 2.45) is 0 Å². The number of nitrogens with one attached hydrogen (secondary N) is 1. The van der Waals surface area contributed by atoms with Crippen LogP contribution in [0.3, 0.4) is 0 Å². The van der Waals surface area contributed by atoms with E-state index in [9.17, 15) is 4.79 Å². The number of ether oxygens (including phenoxy) is 1. The van der Waals surface area contributed by atoms with Gasteiger partial charge in [0, 0.05) is 12.1 Å². The monoisotopic (exact) mass is 316 g/mol. The minimum absolute atomic E-state index is 0.0266. The number of carbonyl (C=O) groups is 1. The molecule has 2 aliphatic heterocycles. The summed E-state index contributed by atoms with van der Waals surface area (Å²) < 4.78 is 5.72. The first-order chi connectivity index (χ1) is 11.2. The molecule has 1 aromatic rings. The number of anilines is 1. The maximum atomic E-state index is 12.7. The second-order valence-corrected chi connectivity index (χ2v) is 6.85. The maximum Gasteiger partial charge on any atom is 0.241 e. The standard InChI is InChI=1S/C19H28N2O2/c1-3-4-10-21-11-6-5-7-17(21)19(22)20-16-8-9-18-15(13-16)12-14(2)23-18/h8-9,13-14,17H,3-7,10-12H2,1-2H3,(H,20,22)/t14-,17-/m1/s1. The number of benzene rings is 1. The van der Waals surface area contributed by atoms with Crippen LogP contribution in [0.4, 0.5) is 5.69 Å². The molecule has 2 heterocycles. The summed E-state index contributed by atoms with van der Waals surface area (Å²) in [4.78, 5) is 15.1. The van der Waals surface area contributed by atoms with Gasteiger partial charge in [-0.25, -0.2) is 0 Å². The predicted octanol–water partition coefficient (Wildman–Crippen LogP) is 3.60. The van der Waals surface area contributed by atoms with E-state index in [4.69, 9.17) is 4.74 Å². The van der Waals surface area contributed by atoms with Crippen LogP contribution in [-0.2, 0) is 11.2 Å². The van der Waals surface area contributed by atoms with Gasteiger partial charge in [-0.05, 0) is 63.0 Å². The molecule has 1 N–H and O–H groups in total. The van der Waals surface area contributed by atoms with Gasteiger partial charge in [0.1, 0.15) is 11.9 Å². The third-order valence-electron chi connectivity index (χ3n) is 4.88. The van der Waals surface area contributed by atoms with Crippen molar-refractivity contribution in [1.82, 2.24) is 4.90 Å². The molecule has 126 valence electrons. The van der Waals surface area contributed by atoms with Crippen LogP contribution in [0.1, 0.15) is 51.5 Å². The molecule has 3 rings (SSSR count). The average Bonchev–Trinajstić information content (AvgIpc) is 2.92. The fourth-order valence-corrected chi connectivity index (χ4v) is 3.64. The summed E-state index contributed by atoms with van der Waals surface area (Å²) in [6, 6.07) is 6.02. The van der Waals surface area contributed by atoms with Gasteiger partial charge < -0.3 is 10.1 Å². The summed E-state index contributed by atoms with van der Waals surface area (Å²) in [6.45, 7) is 6.36. The minimum atomic E-state index is 0.0266. The van der Waals surface area contributed by atoms with E-state index in [1.165, 1.54) is 18.4 Å². The van der Waals surface area contributed by atoms with Crippen molar-refractivity contribution in [2.45, 2.75) is 64.5 Å². The molecule has 2 aliphatic rings. The van der Waals surface area contributed by atoms with Crippen LogP contribution in [0.15, 0.2) is 18.2 Å². The third kappa shape index (κ3) is 3.86. The Morgan fingerprint density at radius 1 is 1.39 bits per heavy atom. The quantitative estimate of drug-likeness (QED) is 0.902. The third-order valence-corrected chi connectivity index (χ3v) is 4.88. The summed E-state index contributed by atoms with van der Waals surface area (Å²) in [5.41, 5.74) is 2.09. The fourth-order valence-electron chi connectivity index (χ4n) is 3.64. The molecule has 1 amide bonds. The second kappa shape index (κ2) is 7.35. The average molecular weight is 316 g/mol. The first-order valence-corrected chi connectivity index (χ1v) is 9.02. The topological polar surface area (TPSA) is 41.6 Å². The van der Waals surface area contributed by atoms with E-state index in [1.54, 1.807) is 0 Å². The Hall–Kier alpha value is -1.55. The largest absolute Gasteiger partial charge is 0.490 e. The van der Waals surface area contributed by atoms with Crippen molar-refractivity contribution in [3.8, 4) is 5.75 Å². The van der Waals surface area contributed by atoms with E-state index in [0.29, 0.717) is 0 Å². The SMILES string of the molecule is CCCCN1CCCC[C@@H]1C(=O)Nc1ccc2c(c1)C[C@@H](C)O2. The molecule has 1 aromatic carbocycles. The molecule has 0 aromatic heterocycles. The number of likely N-dealkylation sites (tertiary alicyclic amines) is 1. The lowest BCUT2D eigenvalue weighted by Crippen LogP contribution is -2.47. The number of carbonyl (C=O) groups excluding carboxylic acids is 1. The van der Waals surface area contributed by atoms with Gasteiger partial charge in [0.2, 0.25) is 5.91 Å². The van der Waals surface area contributed by atoms with Crippen molar-refractivity contribution in [1.29, 1.82) is 0 Å². The Labute approximate surface area is 139 Å². The molecule has 1 fully saturated rings. The Morgan fingerprint density at radius 2 is 2.26 bits per heavy atom. The number of fused-ring (bicyclic) bond motifs is 1. The molecular weight excluding hydrogens is 288 g/mol. The van der Waals surface area contributed by atoms with E-state index in [-0.39, 0.29) is 18.1 Å². The van der Waals surface area contributed by atoms with Gasteiger partial charge in [-0.15, -0.1) is 0 Å². The zero-order valence-electron chi connectivity index (χ0n) is 14.3. The fraction of sp³-hybridized carbons (Fsp3) is 0.632. The summed E-state index contributed by atoms with van der Waals surface area (Å²) in [5, 5.41) is 3.13. The highest BCUT2D eigenvalue weighted by Gasteiger charge is 2.28. The number of nitrogens with zero attached hydrogens (tertiary/aromatic N) is 1. The number of hydrogen-bond donors (Lipinski definition) is 1. The van der Waals surface area contributed by atoms with E-state index in [2.05, 4.69) is 30.1 Å². The molecule has 0 unspecified atom stereocenters. The normalized spacial score (nSPS) is 24.1. The molecule has 23 heavy (non-hydrogen) atoms. The highest BCUT2D eigenvalue weighted by Crippen LogP contribution is 2.31. The molecule has 0 bridgehead atoms. The highest BCUT2D eigenvalue weighted by atomic mass is 16.5. The number of hydrogen-bond acceptors (Lipinski definition) is 3. The maximum absolute atomic E-state index is 12.7. The lowest BCUT2D eigenvalue weighted by molar-refractivity contribution is -0.122. The van der Waals surface area contributed by atoms with E-state index >= 15 is 0 Å². The Balaban J connectivity index is 1.65. The Morgan fingerprint density at radius 3 is 3.09 bits per heavy atom. The predicted molar refractivity (Wildman–Crippen MR) is 93.0 cm³/mol. The van der Waals surface area contributed by atoms with Crippen LogP contribution in [0.2, 0.25) is 0 Å². The number of amides is 1. The smallest absolute Gasteiger partial charge is 0.241 e. The van der Waals surface area contributed by atoms with Gasteiger partial charge in [-0.1, -0.05) is 19.8 Å². The zero-order valence-corrected chi connectivity index (χ0v) is 14.3. The van der Waals surface area contributed by atoms with Crippen molar-refractivity contribution in [3.63, 3.8) is 0 Å². The Bertz CT molecular complexity index is 558. The summed E-state index contributed by atoms with van der Waals surface area (Å²) in [5.74, 6) is 1.10. The number of rotatable bonds is 5. The molecule has 0 aliphatic carbocycles. The lowest BCUT2D eigenvalue weighted by atomic mass is 10.0. The minimum Gasteiger partial charge on any atom is -0.490 e. The summed E-state index contributed by atoms with van der Waals surface area (Å²) in [7, 11) is 0. The van der Waals surface area contributed by atoms with Gasteiger partial charge in [0.05, 0.1) is 6.04 Å². The first-order valence-electron chi connectivity index (χ1n) is 9.02. The lowest BCUT2D eigenvalue weighted by Gasteiger charge is -2.34. The van der Waals surface area contributed by atoms with Crippen LogP contribution in [-0.4, -0.2) is 36.0 Å². The van der Waals surface area contributed by atoms with Crippen molar-refractivity contribution in [3.05, 3.63) is 23.8 Å². The Kier molecular flexibility index (Phi) is 5.21. The number of unbranched alkanes of at least 4 members (excludes halogenated alkanes) is 1. The zero-order chi connectivity index (χ0) is 16.2. The van der Waals surface area contributed by atoms with Crippen LogP contribution in [0.25, 0.3) is 0 Å². The molecular formula is C19H28N2O2. The van der Waals surface area contributed by atoms with E-state index in [1.807, 2.05) is 12.1 Å². The van der Waals surface area contributed by atoms with Crippen molar-refractivity contribution in [2.75, 3.05) is 18.4 Å². The molecule has 0 radical (unpaired) electrons. The van der Waals surface area contributed by atoms with Crippen molar-refractivity contribution >= 4 is 11.6 Å². The second-order valence-electron chi connectivity index (χ2n) is 6.85. The summed E-state index contributed by atoms with van der Waals surface area (Å²) in [6.07, 6.45) is 6.83. The highest BCUT2D eigenvalue weighted by molar-refractivity contribution is 5.95. The van der Waals surface area contributed by atoms with Crippen LogP contribution < -0.4 is 10.1 Å². The van der Waals surface area contributed by atoms with Crippen molar-refractivity contribution < 1.29 is 9.53 Å². The van der Waals surface area contributed by atoms with E-state index in [0.717, 1.165) is 50.2 Å². The van der Waals surface area contributed by atoms with Gasteiger partial charge in [-0.3, -0.25) is 9.69 Å².